The molecule has 1 rings (SSSR count). The van der Waals surface area contributed by atoms with Crippen molar-refractivity contribution in [1.29, 1.82) is 5.26 Å². The number of hydrogen-bond acceptors (Lipinski definition) is 4. The number of rotatable bonds is 5. The van der Waals surface area contributed by atoms with Gasteiger partial charge in [0.05, 0.1) is 0 Å². The van der Waals surface area contributed by atoms with E-state index in [4.69, 9.17) is 5.26 Å². The molecule has 0 bridgehead atoms. The van der Waals surface area contributed by atoms with Gasteiger partial charge >= 0.3 is 0 Å². The molecule has 0 radical (unpaired) electrons. The van der Waals surface area contributed by atoms with Crippen LogP contribution in [-0.4, -0.2) is 23.0 Å². The Kier molecular flexibility index (Phi) is 5.46. The maximum Gasteiger partial charge on any atom is 0.221 e. The Bertz CT molecular complexity index is 471. The van der Waals surface area contributed by atoms with E-state index in [0.717, 1.165) is 5.56 Å². The van der Waals surface area contributed by atoms with Crippen LogP contribution < -0.4 is 10.6 Å². The smallest absolute Gasteiger partial charge is 0.221 e. The number of nitrogens with zero attached hydrogens (tertiary/aromatic N) is 2. The highest BCUT2D eigenvalue weighted by molar-refractivity contribution is 5.76. The molecule has 2 N–H and O–H groups in total. The van der Waals surface area contributed by atoms with Crippen LogP contribution in [0.3, 0.4) is 0 Å². The molecule has 0 aliphatic rings. The number of nitrogens with one attached hydrogen (secondary N) is 2. The number of carbonyl (C=O) groups excluding carboxylic acids is 1. The summed E-state index contributed by atoms with van der Waals surface area (Å²) in [5, 5.41) is 14.8. The van der Waals surface area contributed by atoms with E-state index in [1.54, 1.807) is 12.3 Å². The van der Waals surface area contributed by atoms with Gasteiger partial charge < -0.3 is 10.6 Å². The Morgan fingerprint density at radius 2 is 2.21 bits per heavy atom. The van der Waals surface area contributed by atoms with Crippen molar-refractivity contribution in [3.8, 4) is 6.07 Å². The first-order valence-electron chi connectivity index (χ1n) is 6.27. The van der Waals surface area contributed by atoms with Gasteiger partial charge in [-0.25, -0.2) is 4.98 Å². The van der Waals surface area contributed by atoms with Gasteiger partial charge in [0.1, 0.15) is 11.8 Å². The van der Waals surface area contributed by atoms with Crippen LogP contribution in [0.15, 0.2) is 18.3 Å². The monoisotopic (exact) mass is 260 g/mol. The summed E-state index contributed by atoms with van der Waals surface area (Å²) in [5.41, 5.74) is 1.21. The van der Waals surface area contributed by atoms with Crippen molar-refractivity contribution in [1.82, 2.24) is 15.6 Å². The van der Waals surface area contributed by atoms with Crippen molar-refractivity contribution in [2.24, 2.45) is 0 Å². The summed E-state index contributed by atoms with van der Waals surface area (Å²) in [6.45, 7) is 7.10. The van der Waals surface area contributed by atoms with Crippen LogP contribution in [0.4, 0.5) is 0 Å². The maximum atomic E-state index is 11.6. The van der Waals surface area contributed by atoms with Gasteiger partial charge in [-0.15, -0.1) is 0 Å². The van der Waals surface area contributed by atoms with Crippen LogP contribution in [-0.2, 0) is 11.3 Å². The van der Waals surface area contributed by atoms with E-state index in [1.807, 2.05) is 32.9 Å². The minimum atomic E-state index is -0.191. The van der Waals surface area contributed by atoms with Gasteiger partial charge in [-0.1, -0.05) is 0 Å². The second kappa shape index (κ2) is 6.86. The van der Waals surface area contributed by atoms with Gasteiger partial charge in [0.15, 0.2) is 0 Å². The Labute approximate surface area is 114 Å². The third-order valence-electron chi connectivity index (χ3n) is 2.31. The Balaban J connectivity index is 2.28. The zero-order chi connectivity index (χ0) is 14.3. The molecule has 1 aromatic heterocycles. The van der Waals surface area contributed by atoms with E-state index in [0.29, 0.717) is 25.2 Å². The van der Waals surface area contributed by atoms with E-state index in [2.05, 4.69) is 15.6 Å². The lowest BCUT2D eigenvalue weighted by Gasteiger charge is -2.20. The number of nitriles is 1. The van der Waals surface area contributed by atoms with Gasteiger partial charge in [0.25, 0.3) is 0 Å². The highest BCUT2D eigenvalue weighted by Gasteiger charge is 2.12. The normalized spacial score (nSPS) is 10.8. The standard InChI is InChI=1S/C14H20N4O/c1-14(2,3)18-13(19)5-6-16-10-11-4-7-17-12(8-11)9-15/h4,7-8,16H,5-6,10H2,1-3H3,(H,18,19). The minimum Gasteiger partial charge on any atom is -0.351 e. The lowest BCUT2D eigenvalue weighted by molar-refractivity contribution is -0.122. The van der Waals surface area contributed by atoms with Crippen LogP contribution in [0, 0.1) is 11.3 Å². The van der Waals surface area contributed by atoms with Gasteiger partial charge in [-0.2, -0.15) is 5.26 Å². The van der Waals surface area contributed by atoms with Crippen molar-refractivity contribution >= 4 is 5.91 Å². The molecule has 0 spiro atoms. The largest absolute Gasteiger partial charge is 0.351 e. The fourth-order valence-electron chi connectivity index (χ4n) is 1.56. The van der Waals surface area contributed by atoms with E-state index >= 15 is 0 Å². The minimum absolute atomic E-state index is 0.0347. The van der Waals surface area contributed by atoms with Gasteiger partial charge in [-0.05, 0) is 38.5 Å². The highest BCUT2D eigenvalue weighted by Crippen LogP contribution is 2.01. The van der Waals surface area contributed by atoms with Crippen LogP contribution in [0.5, 0.6) is 0 Å². The SMILES string of the molecule is CC(C)(C)NC(=O)CCNCc1ccnc(C#N)c1. The molecule has 0 aliphatic heterocycles. The summed E-state index contributed by atoms with van der Waals surface area (Å²) in [6, 6.07) is 5.59. The molecule has 1 heterocycles. The number of hydrogen-bond donors (Lipinski definition) is 2. The summed E-state index contributed by atoms with van der Waals surface area (Å²) in [4.78, 5) is 15.5. The zero-order valence-corrected chi connectivity index (χ0v) is 11.7. The second-order valence-electron chi connectivity index (χ2n) is 5.39. The van der Waals surface area contributed by atoms with E-state index in [1.165, 1.54) is 0 Å². The molecule has 0 aromatic carbocycles. The molecule has 0 aliphatic carbocycles. The molecule has 1 amide bonds. The molecule has 1 aromatic rings. The van der Waals surface area contributed by atoms with Gasteiger partial charge in [0, 0.05) is 31.2 Å². The van der Waals surface area contributed by atoms with Crippen molar-refractivity contribution in [3.05, 3.63) is 29.6 Å². The van der Waals surface area contributed by atoms with Crippen LogP contribution in [0.2, 0.25) is 0 Å². The highest BCUT2D eigenvalue weighted by atomic mass is 16.1. The quantitative estimate of drug-likeness (QED) is 0.783. The summed E-state index contributed by atoms with van der Waals surface area (Å²) in [7, 11) is 0. The van der Waals surface area contributed by atoms with E-state index in [-0.39, 0.29) is 11.4 Å². The molecule has 0 saturated heterocycles. The molecular formula is C14H20N4O. The van der Waals surface area contributed by atoms with Crippen LogP contribution in [0.1, 0.15) is 38.4 Å². The van der Waals surface area contributed by atoms with Crippen molar-refractivity contribution in [2.75, 3.05) is 6.54 Å². The lowest BCUT2D eigenvalue weighted by atomic mass is 10.1. The van der Waals surface area contributed by atoms with Crippen molar-refractivity contribution in [2.45, 2.75) is 39.3 Å². The topological polar surface area (TPSA) is 77.8 Å². The number of aromatic nitrogens is 1. The average molecular weight is 260 g/mol. The van der Waals surface area contributed by atoms with Gasteiger partial charge in [-0.3, -0.25) is 4.79 Å². The lowest BCUT2D eigenvalue weighted by Crippen LogP contribution is -2.41. The summed E-state index contributed by atoms with van der Waals surface area (Å²) < 4.78 is 0. The predicted molar refractivity (Wildman–Crippen MR) is 73.2 cm³/mol. The number of pyridine rings is 1. The molecule has 5 nitrogen and oxygen atoms in total. The molecule has 0 atom stereocenters. The first-order chi connectivity index (χ1) is 8.90. The molecule has 5 heteroatoms. The van der Waals surface area contributed by atoms with Crippen LogP contribution >= 0.6 is 0 Å². The maximum absolute atomic E-state index is 11.6. The summed E-state index contributed by atoms with van der Waals surface area (Å²) >= 11 is 0. The first-order valence-corrected chi connectivity index (χ1v) is 6.27. The molecule has 0 saturated carbocycles. The average Bonchev–Trinajstić information content (AvgIpc) is 2.33. The summed E-state index contributed by atoms with van der Waals surface area (Å²) in [6.07, 6.45) is 2.05. The fourth-order valence-corrected chi connectivity index (χ4v) is 1.56. The first kappa shape index (κ1) is 15.1. The van der Waals surface area contributed by atoms with Gasteiger partial charge in [0.2, 0.25) is 5.91 Å². The van der Waals surface area contributed by atoms with Crippen molar-refractivity contribution < 1.29 is 4.79 Å². The molecule has 19 heavy (non-hydrogen) atoms. The third-order valence-corrected chi connectivity index (χ3v) is 2.31. The Hall–Kier alpha value is -1.93. The molecule has 0 fully saturated rings. The number of carbonyl (C=O) groups is 1. The van der Waals surface area contributed by atoms with Crippen molar-refractivity contribution in [3.63, 3.8) is 0 Å². The fraction of sp³-hybridized carbons (Fsp3) is 0.500. The molecular weight excluding hydrogens is 240 g/mol. The van der Waals surface area contributed by atoms with Crippen LogP contribution in [0.25, 0.3) is 0 Å². The second-order valence-corrected chi connectivity index (χ2v) is 5.39. The Morgan fingerprint density at radius 1 is 1.47 bits per heavy atom. The van der Waals surface area contributed by atoms with E-state index < -0.39 is 0 Å². The van der Waals surface area contributed by atoms with E-state index in [9.17, 15) is 4.79 Å². The summed E-state index contributed by atoms with van der Waals surface area (Å²) in [5.74, 6) is 0.0347. The third kappa shape index (κ3) is 6.53. The molecule has 0 unspecified atom stereocenters. The molecule has 102 valence electrons. The zero-order valence-electron chi connectivity index (χ0n) is 11.7. The Morgan fingerprint density at radius 3 is 2.84 bits per heavy atom. The number of amides is 1. The predicted octanol–water partition coefficient (Wildman–Crippen LogP) is 1.35.